The lowest BCUT2D eigenvalue weighted by Crippen LogP contribution is -2.35. The molecule has 1 N–H and O–H groups in total. The summed E-state index contributed by atoms with van der Waals surface area (Å²) in [4.78, 5) is 24.6. The Hall–Kier alpha value is -2.10. The van der Waals surface area contributed by atoms with Crippen molar-refractivity contribution in [3.05, 3.63) is 47.0 Å². The second-order valence-corrected chi connectivity index (χ2v) is 4.26. The first kappa shape index (κ1) is 12.4. The number of fused-ring (bicyclic) bond motifs is 1. The Morgan fingerprint density at radius 3 is 2.83 bits per heavy atom. The van der Waals surface area contributed by atoms with Gasteiger partial charge in [-0.1, -0.05) is 18.2 Å². The minimum Gasteiger partial charge on any atom is -0.478 e. The van der Waals surface area contributed by atoms with Gasteiger partial charge in [0.15, 0.2) is 0 Å². The third-order valence-electron chi connectivity index (χ3n) is 3.12. The van der Waals surface area contributed by atoms with Gasteiger partial charge in [0, 0.05) is 13.1 Å². The number of carbonyl (C=O) groups is 2. The molecule has 1 aliphatic rings. The fourth-order valence-corrected chi connectivity index (χ4v) is 2.25. The first-order valence-corrected chi connectivity index (χ1v) is 5.89. The van der Waals surface area contributed by atoms with Crippen LogP contribution < -0.4 is 0 Å². The Morgan fingerprint density at radius 2 is 2.17 bits per heavy atom. The van der Waals surface area contributed by atoms with Crippen molar-refractivity contribution in [1.29, 1.82) is 0 Å². The van der Waals surface area contributed by atoms with E-state index in [0.29, 0.717) is 25.1 Å². The van der Waals surface area contributed by atoms with Gasteiger partial charge in [0.2, 0.25) is 5.91 Å². The Morgan fingerprint density at radius 1 is 1.39 bits per heavy atom. The normalized spacial score (nSPS) is 14.6. The van der Waals surface area contributed by atoms with Gasteiger partial charge in [-0.15, -0.1) is 0 Å². The number of carboxylic acids is 1. The van der Waals surface area contributed by atoms with Crippen LogP contribution in [0, 0.1) is 0 Å². The molecule has 0 aromatic heterocycles. The van der Waals surface area contributed by atoms with Crippen LogP contribution in [-0.4, -0.2) is 28.4 Å². The molecule has 4 heteroatoms. The molecule has 0 saturated heterocycles. The SMILES string of the molecule is C/C=C/C(=O)N1CCc2c(cccc2C(=O)O)C1. The van der Waals surface area contributed by atoms with Crippen molar-refractivity contribution in [2.24, 2.45) is 0 Å². The van der Waals surface area contributed by atoms with Crippen LogP contribution in [0.15, 0.2) is 30.4 Å². The predicted octanol–water partition coefficient (Wildman–Crippen LogP) is 1.85. The molecular weight excluding hydrogens is 230 g/mol. The molecule has 0 unspecified atom stereocenters. The van der Waals surface area contributed by atoms with Gasteiger partial charge < -0.3 is 10.0 Å². The Balaban J connectivity index is 2.28. The molecule has 0 saturated carbocycles. The van der Waals surface area contributed by atoms with Gasteiger partial charge in [-0.2, -0.15) is 0 Å². The van der Waals surface area contributed by atoms with Crippen LogP contribution in [0.4, 0.5) is 0 Å². The number of hydrogen-bond acceptors (Lipinski definition) is 2. The highest BCUT2D eigenvalue weighted by atomic mass is 16.4. The van der Waals surface area contributed by atoms with Crippen molar-refractivity contribution in [1.82, 2.24) is 4.90 Å². The van der Waals surface area contributed by atoms with Crippen molar-refractivity contribution >= 4 is 11.9 Å². The number of aromatic carboxylic acids is 1. The van der Waals surface area contributed by atoms with Gasteiger partial charge in [-0.05, 0) is 36.6 Å². The monoisotopic (exact) mass is 245 g/mol. The molecule has 2 rings (SSSR count). The lowest BCUT2D eigenvalue weighted by atomic mass is 9.94. The van der Waals surface area contributed by atoms with Crippen LogP contribution in [0.1, 0.15) is 28.4 Å². The molecule has 1 aromatic carbocycles. The number of hydrogen-bond donors (Lipinski definition) is 1. The molecule has 18 heavy (non-hydrogen) atoms. The zero-order valence-corrected chi connectivity index (χ0v) is 10.2. The summed E-state index contributed by atoms with van der Waals surface area (Å²) in [5.41, 5.74) is 2.14. The maximum absolute atomic E-state index is 11.7. The Bertz CT molecular complexity index is 520. The molecule has 0 bridgehead atoms. The molecule has 1 aromatic rings. The van der Waals surface area contributed by atoms with Gasteiger partial charge in [-0.3, -0.25) is 4.79 Å². The average Bonchev–Trinajstić information content (AvgIpc) is 2.37. The molecule has 0 spiro atoms. The smallest absolute Gasteiger partial charge is 0.335 e. The first-order chi connectivity index (χ1) is 8.63. The van der Waals surface area contributed by atoms with Gasteiger partial charge in [-0.25, -0.2) is 4.79 Å². The molecule has 0 radical (unpaired) electrons. The fraction of sp³-hybridized carbons (Fsp3) is 0.286. The Kier molecular flexibility index (Phi) is 3.46. The van der Waals surface area contributed by atoms with Gasteiger partial charge in [0.25, 0.3) is 0 Å². The van der Waals surface area contributed by atoms with E-state index in [4.69, 9.17) is 5.11 Å². The van der Waals surface area contributed by atoms with E-state index in [2.05, 4.69) is 0 Å². The van der Waals surface area contributed by atoms with E-state index in [1.54, 1.807) is 30.0 Å². The summed E-state index contributed by atoms with van der Waals surface area (Å²) in [6, 6.07) is 5.23. The van der Waals surface area contributed by atoms with Gasteiger partial charge >= 0.3 is 5.97 Å². The summed E-state index contributed by atoms with van der Waals surface area (Å²) in [5.74, 6) is -0.927. The van der Waals surface area contributed by atoms with Crippen LogP contribution in [0.3, 0.4) is 0 Å². The number of nitrogens with zero attached hydrogens (tertiary/aromatic N) is 1. The average molecular weight is 245 g/mol. The second kappa shape index (κ2) is 5.04. The van der Waals surface area contributed by atoms with E-state index in [-0.39, 0.29) is 5.91 Å². The van der Waals surface area contributed by atoms with E-state index in [0.717, 1.165) is 11.1 Å². The van der Waals surface area contributed by atoms with Gasteiger partial charge in [0.1, 0.15) is 0 Å². The van der Waals surface area contributed by atoms with Crippen molar-refractivity contribution < 1.29 is 14.7 Å². The number of amides is 1. The number of benzene rings is 1. The molecule has 4 nitrogen and oxygen atoms in total. The highest BCUT2D eigenvalue weighted by Gasteiger charge is 2.22. The maximum atomic E-state index is 11.7. The summed E-state index contributed by atoms with van der Waals surface area (Å²) in [6.07, 6.45) is 3.85. The largest absolute Gasteiger partial charge is 0.478 e. The third kappa shape index (κ3) is 2.27. The highest BCUT2D eigenvalue weighted by molar-refractivity contribution is 5.91. The van der Waals surface area contributed by atoms with E-state index >= 15 is 0 Å². The molecule has 1 amide bonds. The zero-order valence-electron chi connectivity index (χ0n) is 10.2. The second-order valence-electron chi connectivity index (χ2n) is 4.26. The maximum Gasteiger partial charge on any atom is 0.335 e. The van der Waals surface area contributed by atoms with E-state index in [1.807, 2.05) is 6.07 Å². The Labute approximate surface area is 106 Å². The molecule has 1 heterocycles. The summed E-state index contributed by atoms with van der Waals surface area (Å²) in [5, 5.41) is 9.11. The standard InChI is InChI=1S/C14H15NO3/c1-2-4-13(16)15-8-7-11-10(9-15)5-3-6-12(11)14(17)18/h2-6H,7-9H2,1H3,(H,17,18)/b4-2+. The summed E-state index contributed by atoms with van der Waals surface area (Å²) in [6.45, 7) is 2.86. The van der Waals surface area contributed by atoms with Crippen LogP contribution in [-0.2, 0) is 17.8 Å². The lowest BCUT2D eigenvalue weighted by molar-refractivity contribution is -0.126. The van der Waals surface area contributed by atoms with Crippen LogP contribution in [0.25, 0.3) is 0 Å². The van der Waals surface area contributed by atoms with Gasteiger partial charge in [0.05, 0.1) is 5.56 Å². The topological polar surface area (TPSA) is 57.6 Å². The van der Waals surface area contributed by atoms with E-state index in [9.17, 15) is 9.59 Å². The molecule has 0 atom stereocenters. The highest BCUT2D eigenvalue weighted by Crippen LogP contribution is 2.22. The molecular formula is C14H15NO3. The lowest BCUT2D eigenvalue weighted by Gasteiger charge is -2.28. The quantitative estimate of drug-likeness (QED) is 0.809. The number of carbonyl (C=O) groups excluding carboxylic acids is 1. The van der Waals surface area contributed by atoms with Crippen molar-refractivity contribution in [3.63, 3.8) is 0 Å². The third-order valence-corrected chi connectivity index (χ3v) is 3.12. The molecule has 1 aliphatic heterocycles. The van der Waals surface area contributed by atoms with Crippen LogP contribution in [0.2, 0.25) is 0 Å². The van der Waals surface area contributed by atoms with Crippen molar-refractivity contribution in [2.45, 2.75) is 19.9 Å². The predicted molar refractivity (Wildman–Crippen MR) is 67.3 cm³/mol. The van der Waals surface area contributed by atoms with Crippen LogP contribution in [0.5, 0.6) is 0 Å². The molecule has 94 valence electrons. The summed E-state index contributed by atoms with van der Waals surface area (Å²) < 4.78 is 0. The number of allylic oxidation sites excluding steroid dienone is 1. The number of rotatable bonds is 2. The minimum atomic E-state index is -0.903. The van der Waals surface area contributed by atoms with E-state index in [1.165, 1.54) is 6.08 Å². The fourth-order valence-electron chi connectivity index (χ4n) is 2.25. The zero-order chi connectivity index (χ0) is 13.1. The first-order valence-electron chi connectivity index (χ1n) is 5.89. The van der Waals surface area contributed by atoms with E-state index < -0.39 is 5.97 Å². The molecule has 0 aliphatic carbocycles. The van der Waals surface area contributed by atoms with Crippen molar-refractivity contribution in [3.8, 4) is 0 Å². The minimum absolute atomic E-state index is 0.0242. The summed E-state index contributed by atoms with van der Waals surface area (Å²) >= 11 is 0. The summed E-state index contributed by atoms with van der Waals surface area (Å²) in [7, 11) is 0. The molecule has 0 fully saturated rings. The number of carboxylic acid groups (broad SMARTS) is 1. The van der Waals surface area contributed by atoms with Crippen molar-refractivity contribution in [2.75, 3.05) is 6.54 Å². The van der Waals surface area contributed by atoms with Crippen LogP contribution >= 0.6 is 0 Å².